The zero-order valence-electron chi connectivity index (χ0n) is 19.5. The van der Waals surface area contributed by atoms with Crippen LogP contribution >= 0.6 is 11.3 Å². The van der Waals surface area contributed by atoms with Gasteiger partial charge in [-0.25, -0.2) is 13.4 Å². The Morgan fingerprint density at radius 3 is 2.47 bits per heavy atom. The molecule has 0 unspecified atom stereocenters. The standard InChI is InChI=1S/C26H29N3O3S2/c1-18-11-12-24(19(2)17-18)34(31,32)29-15-13-28(14-16-29)26(30)21-8-4-3-7-20(21)25-27-22-9-5-6-10-23(22)33-25/h3-6,9-12,17,20-21H,7-8,13-16H2,1-2H3/t20-,21-/m0/s1. The molecule has 5 rings (SSSR count). The minimum absolute atomic E-state index is 0.0619. The van der Waals surface area contributed by atoms with Crippen molar-refractivity contribution in [2.45, 2.75) is 37.5 Å². The normalized spacial score (nSPS) is 21.8. The van der Waals surface area contributed by atoms with Crippen molar-refractivity contribution >= 4 is 37.5 Å². The second-order valence-electron chi connectivity index (χ2n) is 9.17. The Morgan fingerprint density at radius 2 is 1.74 bits per heavy atom. The van der Waals surface area contributed by atoms with Gasteiger partial charge in [0.25, 0.3) is 0 Å². The maximum atomic E-state index is 13.6. The minimum atomic E-state index is -3.58. The van der Waals surface area contributed by atoms with Crippen LogP contribution in [0, 0.1) is 19.8 Å². The maximum Gasteiger partial charge on any atom is 0.243 e. The second-order valence-corrected chi connectivity index (χ2v) is 12.1. The zero-order chi connectivity index (χ0) is 23.9. The first kappa shape index (κ1) is 23.2. The van der Waals surface area contributed by atoms with E-state index in [4.69, 9.17) is 4.98 Å². The van der Waals surface area contributed by atoms with E-state index in [0.29, 0.717) is 37.5 Å². The number of rotatable bonds is 4. The predicted molar refractivity (Wildman–Crippen MR) is 135 cm³/mol. The van der Waals surface area contributed by atoms with Crippen molar-refractivity contribution in [3.63, 3.8) is 0 Å². The zero-order valence-corrected chi connectivity index (χ0v) is 21.1. The van der Waals surface area contributed by atoms with Gasteiger partial charge in [-0.2, -0.15) is 4.31 Å². The van der Waals surface area contributed by atoms with Gasteiger partial charge in [-0.05, 0) is 50.5 Å². The van der Waals surface area contributed by atoms with Gasteiger partial charge in [0.2, 0.25) is 15.9 Å². The Labute approximate surface area is 205 Å². The monoisotopic (exact) mass is 495 g/mol. The molecule has 2 atom stereocenters. The summed E-state index contributed by atoms with van der Waals surface area (Å²) >= 11 is 1.67. The number of nitrogens with zero attached hydrogens (tertiary/aromatic N) is 3. The molecule has 8 heteroatoms. The molecule has 1 aromatic heterocycles. The largest absolute Gasteiger partial charge is 0.340 e. The van der Waals surface area contributed by atoms with Crippen LogP contribution in [0.3, 0.4) is 0 Å². The third-order valence-electron chi connectivity index (χ3n) is 6.88. The summed E-state index contributed by atoms with van der Waals surface area (Å²) in [5.74, 6) is 0.0112. The minimum Gasteiger partial charge on any atom is -0.340 e. The first-order valence-corrected chi connectivity index (χ1v) is 14.0. The highest BCUT2D eigenvalue weighted by Crippen LogP contribution is 2.39. The van der Waals surface area contributed by atoms with E-state index in [1.807, 2.05) is 49.1 Å². The molecule has 1 saturated heterocycles. The fraction of sp³-hybridized carbons (Fsp3) is 0.385. The highest BCUT2D eigenvalue weighted by molar-refractivity contribution is 7.89. The number of hydrogen-bond acceptors (Lipinski definition) is 5. The topological polar surface area (TPSA) is 70.6 Å². The Balaban J connectivity index is 1.30. The molecule has 1 aliphatic carbocycles. The molecule has 178 valence electrons. The van der Waals surface area contributed by atoms with Crippen LogP contribution in [0.15, 0.2) is 59.5 Å². The van der Waals surface area contributed by atoms with Crippen LogP contribution in [-0.4, -0.2) is 54.7 Å². The molecule has 0 bridgehead atoms. The lowest BCUT2D eigenvalue weighted by atomic mass is 9.82. The quantitative estimate of drug-likeness (QED) is 0.500. The number of hydrogen-bond donors (Lipinski definition) is 0. The number of benzene rings is 2. The number of para-hydroxylation sites is 1. The molecule has 3 aromatic rings. The van der Waals surface area contributed by atoms with Gasteiger partial charge < -0.3 is 4.90 Å². The molecule has 0 radical (unpaired) electrons. The van der Waals surface area contributed by atoms with Gasteiger partial charge >= 0.3 is 0 Å². The summed E-state index contributed by atoms with van der Waals surface area (Å²) in [4.78, 5) is 20.6. The molecule has 2 heterocycles. The summed E-state index contributed by atoms with van der Waals surface area (Å²) in [5.41, 5.74) is 2.77. The molecule has 1 fully saturated rings. The highest BCUT2D eigenvalue weighted by Gasteiger charge is 2.37. The van der Waals surface area contributed by atoms with E-state index < -0.39 is 10.0 Å². The number of aromatic nitrogens is 1. The number of amides is 1. The molecular weight excluding hydrogens is 466 g/mol. The smallest absolute Gasteiger partial charge is 0.243 e. The Bertz CT molecular complexity index is 1320. The number of sulfonamides is 1. The van der Waals surface area contributed by atoms with Crippen LogP contribution in [0.25, 0.3) is 10.2 Å². The van der Waals surface area contributed by atoms with E-state index >= 15 is 0 Å². The van der Waals surface area contributed by atoms with E-state index in [-0.39, 0.29) is 17.7 Å². The van der Waals surface area contributed by atoms with Gasteiger partial charge in [0.05, 0.1) is 26.0 Å². The Morgan fingerprint density at radius 1 is 1.00 bits per heavy atom. The van der Waals surface area contributed by atoms with Crippen LogP contribution in [0.1, 0.15) is 34.9 Å². The molecule has 6 nitrogen and oxygen atoms in total. The van der Waals surface area contributed by atoms with Crippen molar-refractivity contribution in [2.75, 3.05) is 26.2 Å². The summed E-state index contributed by atoms with van der Waals surface area (Å²) < 4.78 is 29.1. The summed E-state index contributed by atoms with van der Waals surface area (Å²) in [6, 6.07) is 13.5. The number of carbonyl (C=O) groups excluding carboxylic acids is 1. The average molecular weight is 496 g/mol. The van der Waals surface area contributed by atoms with E-state index in [9.17, 15) is 13.2 Å². The molecule has 2 aliphatic rings. The van der Waals surface area contributed by atoms with Gasteiger partial charge in [-0.15, -0.1) is 11.3 Å². The molecule has 0 saturated carbocycles. The number of allylic oxidation sites excluding steroid dienone is 2. The van der Waals surface area contributed by atoms with Crippen molar-refractivity contribution in [3.8, 4) is 0 Å². The number of fused-ring (bicyclic) bond motifs is 1. The van der Waals surface area contributed by atoms with Gasteiger partial charge in [0.15, 0.2) is 0 Å². The third-order valence-corrected chi connectivity index (χ3v) is 10.1. The van der Waals surface area contributed by atoms with Crippen molar-refractivity contribution < 1.29 is 13.2 Å². The lowest BCUT2D eigenvalue weighted by molar-refractivity contribution is -0.137. The number of aryl methyl sites for hydroxylation is 2. The van der Waals surface area contributed by atoms with Crippen molar-refractivity contribution in [2.24, 2.45) is 5.92 Å². The SMILES string of the molecule is Cc1ccc(S(=O)(=O)N2CCN(C(=O)[C@H]3CC=CC[C@@H]3c3nc4ccccc4s3)CC2)c(C)c1. The summed E-state index contributed by atoms with van der Waals surface area (Å²) in [7, 11) is -3.58. The van der Waals surface area contributed by atoms with Gasteiger partial charge in [-0.3, -0.25) is 4.79 Å². The lowest BCUT2D eigenvalue weighted by Gasteiger charge is -2.37. The Kier molecular flexibility index (Phi) is 6.31. The maximum absolute atomic E-state index is 13.6. The summed E-state index contributed by atoms with van der Waals surface area (Å²) in [6.45, 7) is 5.24. The van der Waals surface area contributed by atoms with Gasteiger partial charge in [0, 0.05) is 32.1 Å². The van der Waals surface area contributed by atoms with Crippen LogP contribution in [0.5, 0.6) is 0 Å². The second kappa shape index (κ2) is 9.24. The molecule has 0 N–H and O–H groups in total. The predicted octanol–water partition coefficient (Wildman–Crippen LogP) is 4.50. The van der Waals surface area contributed by atoms with Crippen LogP contribution in [-0.2, 0) is 14.8 Å². The van der Waals surface area contributed by atoms with E-state index in [2.05, 4.69) is 18.2 Å². The number of piperazine rings is 1. The first-order valence-electron chi connectivity index (χ1n) is 11.7. The molecule has 1 aliphatic heterocycles. The van der Waals surface area contributed by atoms with Crippen LogP contribution in [0.2, 0.25) is 0 Å². The third kappa shape index (κ3) is 4.30. The van der Waals surface area contributed by atoms with E-state index in [0.717, 1.165) is 32.8 Å². The van der Waals surface area contributed by atoms with Crippen LogP contribution in [0.4, 0.5) is 0 Å². The van der Waals surface area contributed by atoms with Crippen LogP contribution < -0.4 is 0 Å². The molecular formula is C26H29N3O3S2. The fourth-order valence-electron chi connectivity index (χ4n) is 5.02. The number of carbonyl (C=O) groups is 1. The van der Waals surface area contributed by atoms with Gasteiger partial charge in [-0.1, -0.05) is 42.0 Å². The van der Waals surface area contributed by atoms with Gasteiger partial charge in [0.1, 0.15) is 0 Å². The first-order chi connectivity index (χ1) is 16.3. The highest BCUT2D eigenvalue weighted by atomic mass is 32.2. The van der Waals surface area contributed by atoms with Crippen molar-refractivity contribution in [1.82, 2.24) is 14.2 Å². The molecule has 34 heavy (non-hydrogen) atoms. The molecule has 1 amide bonds. The number of thiazole rings is 1. The molecule has 0 spiro atoms. The summed E-state index contributed by atoms with van der Waals surface area (Å²) in [5, 5.41) is 1.01. The average Bonchev–Trinajstić information content (AvgIpc) is 3.28. The Hall–Kier alpha value is -2.55. The van der Waals surface area contributed by atoms with E-state index in [1.54, 1.807) is 17.4 Å². The fourth-order valence-corrected chi connectivity index (χ4v) is 7.79. The molecule has 2 aromatic carbocycles. The summed E-state index contributed by atoms with van der Waals surface area (Å²) in [6.07, 6.45) is 5.74. The lowest BCUT2D eigenvalue weighted by Crippen LogP contribution is -2.52. The van der Waals surface area contributed by atoms with Crippen molar-refractivity contribution in [1.29, 1.82) is 0 Å². The van der Waals surface area contributed by atoms with Crippen molar-refractivity contribution in [3.05, 3.63) is 70.8 Å². The van der Waals surface area contributed by atoms with E-state index in [1.165, 1.54) is 4.31 Å².